The van der Waals surface area contributed by atoms with Gasteiger partial charge in [0.2, 0.25) is 0 Å². The average Bonchev–Trinajstić information content (AvgIpc) is 2.79. The van der Waals surface area contributed by atoms with Crippen LogP contribution >= 0.6 is 0 Å². The topological polar surface area (TPSA) is 90.4 Å². The second-order valence-electron chi connectivity index (χ2n) is 7.61. The summed E-state index contributed by atoms with van der Waals surface area (Å²) in [5.41, 5.74) is 2.42. The number of nitrogens with one attached hydrogen (secondary N) is 1. The zero-order valence-electron chi connectivity index (χ0n) is 18.6. The van der Waals surface area contributed by atoms with E-state index in [-0.39, 0.29) is 22.2 Å². The second kappa shape index (κ2) is 10.9. The summed E-state index contributed by atoms with van der Waals surface area (Å²) in [5.74, 6) is 1.37. The zero-order valence-corrected chi connectivity index (χ0v) is 19.4. The molecule has 1 atom stereocenters. The number of pyridine rings is 2. The first-order chi connectivity index (χ1) is 15.4. The Hall–Kier alpha value is -3.26. The molecular formula is C24H27N3O4S. The van der Waals surface area contributed by atoms with Crippen molar-refractivity contribution in [1.29, 1.82) is 0 Å². The Morgan fingerprint density at radius 3 is 2.47 bits per heavy atom. The standard InChI is InChI=1S/C24H27N3O4S/c1-16(2)13-19-6-8-21(23(28)26-18-9-11-25-12-10-18)24(27-19)32(29)15-17-5-7-20(30-3)14-22(17)31-4/h5-12,14,16H,13,15H2,1-4H3,(H,25,26,28). The lowest BCUT2D eigenvalue weighted by Crippen LogP contribution is -2.17. The van der Waals surface area contributed by atoms with Crippen LogP contribution in [0, 0.1) is 5.92 Å². The molecule has 168 valence electrons. The highest BCUT2D eigenvalue weighted by molar-refractivity contribution is 7.84. The van der Waals surface area contributed by atoms with E-state index in [1.807, 2.05) is 12.1 Å². The van der Waals surface area contributed by atoms with Gasteiger partial charge in [0, 0.05) is 35.4 Å². The van der Waals surface area contributed by atoms with Gasteiger partial charge in [-0.3, -0.25) is 14.0 Å². The van der Waals surface area contributed by atoms with Crippen LogP contribution < -0.4 is 14.8 Å². The molecule has 3 aromatic rings. The third kappa shape index (κ3) is 5.91. The molecule has 32 heavy (non-hydrogen) atoms. The van der Waals surface area contributed by atoms with E-state index >= 15 is 0 Å². The van der Waals surface area contributed by atoms with Crippen LogP contribution in [0.4, 0.5) is 5.69 Å². The predicted molar refractivity (Wildman–Crippen MR) is 125 cm³/mol. The van der Waals surface area contributed by atoms with Crippen molar-refractivity contribution < 1.29 is 18.5 Å². The van der Waals surface area contributed by atoms with Crippen LogP contribution in [0.1, 0.15) is 35.5 Å². The number of benzene rings is 1. The van der Waals surface area contributed by atoms with Crippen molar-refractivity contribution >= 4 is 22.4 Å². The molecule has 1 unspecified atom stereocenters. The summed E-state index contributed by atoms with van der Waals surface area (Å²) in [6.45, 7) is 4.18. The zero-order chi connectivity index (χ0) is 23.1. The van der Waals surface area contributed by atoms with Gasteiger partial charge in [-0.25, -0.2) is 4.98 Å². The van der Waals surface area contributed by atoms with E-state index in [9.17, 15) is 9.00 Å². The summed E-state index contributed by atoms with van der Waals surface area (Å²) in [5, 5.41) is 3.08. The Kier molecular flexibility index (Phi) is 7.94. The van der Waals surface area contributed by atoms with Crippen molar-refractivity contribution in [3.05, 3.63) is 71.7 Å². The van der Waals surface area contributed by atoms with Gasteiger partial charge >= 0.3 is 0 Å². The summed E-state index contributed by atoms with van der Waals surface area (Å²) in [7, 11) is 1.55. The number of aromatic nitrogens is 2. The minimum Gasteiger partial charge on any atom is -0.497 e. The number of rotatable bonds is 9. The number of hydrogen-bond donors (Lipinski definition) is 1. The number of ether oxygens (including phenoxy) is 2. The molecule has 0 aliphatic rings. The van der Waals surface area contributed by atoms with E-state index < -0.39 is 10.8 Å². The first kappa shape index (κ1) is 23.4. The van der Waals surface area contributed by atoms with E-state index in [4.69, 9.17) is 9.47 Å². The maximum Gasteiger partial charge on any atom is 0.258 e. The van der Waals surface area contributed by atoms with Crippen LogP contribution in [0.5, 0.6) is 11.5 Å². The third-order valence-electron chi connectivity index (χ3n) is 4.71. The molecule has 0 aliphatic carbocycles. The molecular weight excluding hydrogens is 426 g/mol. The van der Waals surface area contributed by atoms with Gasteiger partial charge in [0.05, 0.1) is 36.3 Å². The third-order valence-corrected chi connectivity index (χ3v) is 6.03. The summed E-state index contributed by atoms with van der Waals surface area (Å²) < 4.78 is 24.1. The van der Waals surface area contributed by atoms with Gasteiger partial charge in [0.25, 0.3) is 5.91 Å². The fourth-order valence-corrected chi connectivity index (χ4v) is 4.45. The minimum absolute atomic E-state index is 0.154. The SMILES string of the molecule is COc1ccc(CS(=O)c2nc(CC(C)C)ccc2C(=O)Nc2ccncc2)c(OC)c1. The Morgan fingerprint density at radius 1 is 1.06 bits per heavy atom. The quantitative estimate of drug-likeness (QED) is 0.521. The van der Waals surface area contributed by atoms with Crippen LogP contribution in [0.2, 0.25) is 0 Å². The van der Waals surface area contributed by atoms with Crippen LogP contribution in [-0.4, -0.2) is 34.3 Å². The Labute approximate surface area is 190 Å². The van der Waals surface area contributed by atoms with Gasteiger partial charge in [-0.2, -0.15) is 0 Å². The number of carbonyl (C=O) groups is 1. The van der Waals surface area contributed by atoms with Gasteiger partial charge in [0.15, 0.2) is 0 Å². The highest BCUT2D eigenvalue weighted by Crippen LogP contribution is 2.27. The van der Waals surface area contributed by atoms with Gasteiger partial charge in [0.1, 0.15) is 16.5 Å². The number of hydrogen-bond acceptors (Lipinski definition) is 6. The van der Waals surface area contributed by atoms with Gasteiger partial charge in [-0.05, 0) is 42.7 Å². The lowest BCUT2D eigenvalue weighted by atomic mass is 10.1. The van der Waals surface area contributed by atoms with E-state index in [0.29, 0.717) is 23.1 Å². The molecule has 0 spiro atoms. The van der Waals surface area contributed by atoms with Crippen LogP contribution in [0.15, 0.2) is 59.9 Å². The van der Waals surface area contributed by atoms with Crippen LogP contribution in [-0.2, 0) is 23.0 Å². The molecule has 1 amide bonds. The number of carbonyl (C=O) groups excluding carboxylic acids is 1. The molecule has 3 rings (SSSR count). The first-order valence-electron chi connectivity index (χ1n) is 10.2. The van der Waals surface area contributed by atoms with E-state index in [0.717, 1.165) is 17.7 Å². The minimum atomic E-state index is -1.58. The number of methoxy groups -OCH3 is 2. The molecule has 0 saturated heterocycles. The van der Waals surface area contributed by atoms with E-state index in [1.54, 1.807) is 56.9 Å². The summed E-state index contributed by atoms with van der Waals surface area (Å²) in [6, 6.07) is 12.2. The smallest absolute Gasteiger partial charge is 0.258 e. The number of nitrogens with zero attached hydrogens (tertiary/aromatic N) is 2. The molecule has 2 aromatic heterocycles. The van der Waals surface area contributed by atoms with Crippen molar-refractivity contribution in [3.8, 4) is 11.5 Å². The molecule has 7 nitrogen and oxygen atoms in total. The van der Waals surface area contributed by atoms with E-state index in [2.05, 4.69) is 29.1 Å². The van der Waals surface area contributed by atoms with Crippen molar-refractivity contribution in [2.24, 2.45) is 5.92 Å². The summed E-state index contributed by atoms with van der Waals surface area (Å²) >= 11 is 0. The highest BCUT2D eigenvalue weighted by Gasteiger charge is 2.21. The summed E-state index contributed by atoms with van der Waals surface area (Å²) in [4.78, 5) is 21.6. The molecule has 8 heteroatoms. The average molecular weight is 454 g/mol. The monoisotopic (exact) mass is 453 g/mol. The molecule has 2 heterocycles. The highest BCUT2D eigenvalue weighted by atomic mass is 32.2. The fraction of sp³-hybridized carbons (Fsp3) is 0.292. The predicted octanol–water partition coefficient (Wildman–Crippen LogP) is 4.25. The van der Waals surface area contributed by atoms with Crippen LogP contribution in [0.25, 0.3) is 0 Å². The van der Waals surface area contributed by atoms with E-state index in [1.165, 1.54) is 0 Å². The van der Waals surface area contributed by atoms with Gasteiger partial charge in [-0.1, -0.05) is 19.9 Å². The van der Waals surface area contributed by atoms with Crippen molar-refractivity contribution in [1.82, 2.24) is 9.97 Å². The van der Waals surface area contributed by atoms with Gasteiger partial charge in [-0.15, -0.1) is 0 Å². The first-order valence-corrected chi connectivity index (χ1v) is 11.5. The number of anilines is 1. The molecule has 1 aromatic carbocycles. The molecule has 0 bridgehead atoms. The molecule has 0 aliphatic heterocycles. The van der Waals surface area contributed by atoms with Gasteiger partial charge < -0.3 is 14.8 Å². The largest absolute Gasteiger partial charge is 0.497 e. The molecule has 0 radical (unpaired) electrons. The maximum atomic E-state index is 13.4. The Bertz CT molecular complexity index is 1100. The van der Waals surface area contributed by atoms with Crippen molar-refractivity contribution in [3.63, 3.8) is 0 Å². The number of amides is 1. The normalized spacial score (nSPS) is 11.8. The Morgan fingerprint density at radius 2 is 1.81 bits per heavy atom. The fourth-order valence-electron chi connectivity index (χ4n) is 3.17. The molecule has 0 saturated carbocycles. The Balaban J connectivity index is 1.94. The maximum absolute atomic E-state index is 13.4. The molecule has 1 N–H and O–H groups in total. The lowest BCUT2D eigenvalue weighted by Gasteiger charge is -2.14. The second-order valence-corrected chi connectivity index (χ2v) is 8.98. The summed E-state index contributed by atoms with van der Waals surface area (Å²) in [6.07, 6.45) is 3.91. The lowest BCUT2D eigenvalue weighted by molar-refractivity contribution is 0.102. The molecule has 0 fully saturated rings. The van der Waals surface area contributed by atoms with Crippen LogP contribution in [0.3, 0.4) is 0 Å². The van der Waals surface area contributed by atoms with Crippen molar-refractivity contribution in [2.75, 3.05) is 19.5 Å². The van der Waals surface area contributed by atoms with Crippen molar-refractivity contribution in [2.45, 2.75) is 31.0 Å².